The molecular formula is C54H75IN6O6. The van der Waals surface area contributed by atoms with Crippen LogP contribution in [0.5, 0.6) is 23.0 Å². The number of rotatable bonds is 12. The van der Waals surface area contributed by atoms with Crippen LogP contribution in [0.4, 0.5) is 11.8 Å². The fourth-order valence-corrected chi connectivity index (χ4v) is 7.40. The number of hydrogen-bond donors (Lipinski definition) is 3. The molecule has 0 atom stereocenters. The second-order valence-electron chi connectivity index (χ2n) is 15.7. The van der Waals surface area contributed by atoms with Gasteiger partial charge in [-0.1, -0.05) is 130 Å². The van der Waals surface area contributed by atoms with Gasteiger partial charge in [0, 0.05) is 53.2 Å². The molecule has 2 aliphatic rings. The van der Waals surface area contributed by atoms with Crippen LogP contribution in [-0.2, 0) is 19.3 Å². The number of hydrogen-bond acceptors (Lipinski definition) is 12. The Bertz CT molecular complexity index is 2180. The Morgan fingerprint density at radius 1 is 0.657 bits per heavy atom. The summed E-state index contributed by atoms with van der Waals surface area (Å²) in [6.07, 6.45) is 20.9. The summed E-state index contributed by atoms with van der Waals surface area (Å²) in [5, 5.41) is 0. The maximum atomic E-state index is 10.6. The number of benzene rings is 4. The molecule has 2 aliphatic carbocycles. The van der Waals surface area contributed by atoms with Gasteiger partial charge in [-0.05, 0) is 96.0 Å². The van der Waals surface area contributed by atoms with Gasteiger partial charge >= 0.3 is 0 Å². The van der Waals surface area contributed by atoms with Crippen LogP contribution >= 0.6 is 22.6 Å². The van der Waals surface area contributed by atoms with E-state index in [1.54, 1.807) is 65.0 Å². The second-order valence-corrected chi connectivity index (χ2v) is 17.2. The Morgan fingerprint density at radius 2 is 1.18 bits per heavy atom. The highest BCUT2D eigenvalue weighted by Gasteiger charge is 2.12. The van der Waals surface area contributed by atoms with Crippen molar-refractivity contribution in [3.05, 3.63) is 130 Å². The molecule has 0 unspecified atom stereocenters. The maximum Gasteiger partial charge on any atom is 0.221 e. The van der Waals surface area contributed by atoms with Gasteiger partial charge in [0.2, 0.25) is 5.95 Å². The van der Waals surface area contributed by atoms with Crippen molar-refractivity contribution < 1.29 is 28.5 Å². The Morgan fingerprint density at radius 3 is 1.67 bits per heavy atom. The molecule has 0 saturated heterocycles. The fraction of sp³-hybridized carbons (Fsp3) is 0.426. The number of carbonyl (C=O) groups excluding carboxylic acids is 2. The summed E-state index contributed by atoms with van der Waals surface area (Å²) in [6.45, 7) is 6.22. The zero-order chi connectivity index (χ0) is 49.2. The lowest BCUT2D eigenvalue weighted by Gasteiger charge is -2.17. The maximum absolute atomic E-state index is 10.6. The molecule has 7 rings (SSSR count). The van der Waals surface area contributed by atoms with Gasteiger partial charge in [0.25, 0.3) is 0 Å². The minimum atomic E-state index is 0.197. The average molecular weight is 1030 g/mol. The predicted octanol–water partition coefficient (Wildman–Crippen LogP) is 11.5. The molecular weight excluding hydrogens is 956 g/mol. The van der Waals surface area contributed by atoms with Gasteiger partial charge in [-0.15, -0.1) is 0 Å². The molecule has 2 fully saturated rings. The number of methoxy groups -OCH3 is 4. The Labute approximate surface area is 414 Å². The van der Waals surface area contributed by atoms with Crippen LogP contribution in [-0.4, -0.2) is 73.7 Å². The van der Waals surface area contributed by atoms with E-state index < -0.39 is 0 Å². The molecule has 6 N–H and O–H groups in total. The van der Waals surface area contributed by atoms with Crippen LogP contribution in [0.1, 0.15) is 134 Å². The molecule has 13 heteroatoms. The van der Waals surface area contributed by atoms with Gasteiger partial charge in [-0.2, -0.15) is 4.98 Å². The van der Waals surface area contributed by atoms with Gasteiger partial charge in [0.1, 0.15) is 41.4 Å². The SMILES string of the molecule is CCI.CCc1c(C=O)cccc1OC.CCc1c(Cc2cnc(N)nc2N)cccc1OC.COc1cccc(C=NC2CCCCC2)c1.COc1cccc(C=O)c1.NC1CCCCC1. The number of aromatic nitrogens is 2. The van der Waals surface area contributed by atoms with E-state index in [-0.39, 0.29) is 5.95 Å². The smallest absolute Gasteiger partial charge is 0.221 e. The van der Waals surface area contributed by atoms with Crippen molar-refractivity contribution in [2.75, 3.05) is 44.3 Å². The van der Waals surface area contributed by atoms with Gasteiger partial charge < -0.3 is 36.1 Å². The van der Waals surface area contributed by atoms with Crippen molar-refractivity contribution in [3.63, 3.8) is 0 Å². The van der Waals surface area contributed by atoms with E-state index >= 15 is 0 Å². The van der Waals surface area contributed by atoms with E-state index in [4.69, 9.17) is 36.1 Å². The molecule has 0 radical (unpaired) electrons. The first-order chi connectivity index (χ1) is 32.5. The van der Waals surface area contributed by atoms with Gasteiger partial charge in [-0.3, -0.25) is 14.6 Å². The number of nitrogen functional groups attached to an aromatic ring is 2. The molecule has 4 aromatic carbocycles. The average Bonchev–Trinajstić information content (AvgIpc) is 3.37. The van der Waals surface area contributed by atoms with Gasteiger partial charge in [0.05, 0.1) is 28.4 Å². The number of anilines is 2. The van der Waals surface area contributed by atoms with E-state index in [9.17, 15) is 9.59 Å². The lowest BCUT2D eigenvalue weighted by Crippen LogP contribution is -2.22. The number of nitrogens with two attached hydrogens (primary N) is 3. The summed E-state index contributed by atoms with van der Waals surface area (Å²) in [4.78, 5) is 33.4. The normalized spacial score (nSPS) is 13.1. The second kappa shape index (κ2) is 34.7. The largest absolute Gasteiger partial charge is 0.497 e. The lowest BCUT2D eigenvalue weighted by molar-refractivity contribution is 0.111. The van der Waals surface area contributed by atoms with E-state index in [0.717, 1.165) is 64.9 Å². The zero-order valence-electron chi connectivity index (χ0n) is 40.8. The van der Waals surface area contributed by atoms with E-state index in [0.29, 0.717) is 35.6 Å². The molecule has 1 aromatic heterocycles. The van der Waals surface area contributed by atoms with Crippen molar-refractivity contribution in [2.24, 2.45) is 10.7 Å². The molecule has 5 aromatic rings. The standard InChI is InChI=1S/C14H18N4O.C14H19NO.C10H12O2.C8H8O2.C6H13N.C2H5I/c1-3-11-9(5-4-6-12(11)19-2)7-10-8-17-14(16)18-13(10)15;1-16-14-9-5-6-12(10-14)11-15-13-7-3-2-4-8-13;1-3-9-8(7-11)5-4-6-10(9)12-2;1-10-8-4-2-3-7(5-8)6-9;7-6-4-2-1-3-5-6;1-2-3/h4-6,8H,3,7H2,1-2H3,(H4,15,16,17,18);5-6,9-11,13H,2-4,7-8H2,1H3;4-7H,3H2,1-2H3;2-6H,1H3;6H,1-5,7H2;2H2,1H3. The summed E-state index contributed by atoms with van der Waals surface area (Å²) in [5.74, 6) is 3.93. The fourth-order valence-electron chi connectivity index (χ4n) is 7.40. The van der Waals surface area contributed by atoms with Crippen LogP contribution in [0.3, 0.4) is 0 Å². The molecule has 0 spiro atoms. The third-order valence-electron chi connectivity index (χ3n) is 11.0. The third kappa shape index (κ3) is 22.2. The number of nitrogens with zero attached hydrogens (tertiary/aromatic N) is 3. The monoisotopic (exact) mass is 1030 g/mol. The van der Waals surface area contributed by atoms with Crippen LogP contribution in [0.25, 0.3) is 0 Å². The quantitative estimate of drug-likeness (QED) is 0.0467. The predicted molar refractivity (Wildman–Crippen MR) is 285 cm³/mol. The molecule has 2 saturated carbocycles. The third-order valence-corrected chi connectivity index (χ3v) is 11.0. The number of carbonyl (C=O) groups is 2. The highest BCUT2D eigenvalue weighted by Crippen LogP contribution is 2.26. The number of halogens is 1. The molecule has 0 bridgehead atoms. The topological polar surface area (TPSA) is 187 Å². The van der Waals surface area contributed by atoms with Gasteiger partial charge in [-0.25, -0.2) is 4.98 Å². The highest BCUT2D eigenvalue weighted by atomic mass is 127. The van der Waals surface area contributed by atoms with Crippen LogP contribution in [0.15, 0.2) is 96.1 Å². The summed E-state index contributed by atoms with van der Waals surface area (Å²) < 4.78 is 21.8. The molecule has 0 aliphatic heterocycles. The number of aldehydes is 2. The number of aliphatic imine (C=N–C) groups is 1. The Hall–Kier alpha value is -5.54. The molecule has 1 heterocycles. The first-order valence-corrected chi connectivity index (χ1v) is 24.8. The number of alkyl halides is 1. The summed E-state index contributed by atoms with van der Waals surface area (Å²) in [7, 11) is 6.56. The Kier molecular flexibility index (Phi) is 29.8. The lowest BCUT2D eigenvalue weighted by atomic mass is 9.96. The van der Waals surface area contributed by atoms with Crippen molar-refractivity contribution in [2.45, 2.75) is 116 Å². The van der Waals surface area contributed by atoms with Crippen LogP contribution < -0.4 is 36.1 Å². The Balaban J connectivity index is 0.000000293. The van der Waals surface area contributed by atoms with Crippen molar-refractivity contribution in [1.82, 2.24) is 9.97 Å². The van der Waals surface area contributed by atoms with Crippen LogP contribution in [0.2, 0.25) is 0 Å². The van der Waals surface area contributed by atoms with Gasteiger partial charge in [0.15, 0.2) is 0 Å². The summed E-state index contributed by atoms with van der Waals surface area (Å²) >= 11 is 2.29. The van der Waals surface area contributed by atoms with Crippen molar-refractivity contribution in [3.8, 4) is 23.0 Å². The van der Waals surface area contributed by atoms with Crippen molar-refractivity contribution >= 4 is 53.1 Å². The molecule has 364 valence electrons. The van der Waals surface area contributed by atoms with E-state index in [1.165, 1.54) is 79.8 Å². The van der Waals surface area contributed by atoms with Crippen molar-refractivity contribution in [1.29, 1.82) is 0 Å². The minimum Gasteiger partial charge on any atom is -0.497 e. The molecule has 67 heavy (non-hydrogen) atoms. The summed E-state index contributed by atoms with van der Waals surface area (Å²) in [6, 6.07) is 27.6. The molecule has 0 amide bonds. The highest BCUT2D eigenvalue weighted by molar-refractivity contribution is 14.1. The van der Waals surface area contributed by atoms with E-state index in [2.05, 4.69) is 63.5 Å². The van der Waals surface area contributed by atoms with Crippen LogP contribution in [0, 0.1) is 0 Å². The van der Waals surface area contributed by atoms with E-state index in [1.807, 2.05) is 55.6 Å². The zero-order valence-corrected chi connectivity index (χ0v) is 43.0. The first-order valence-electron chi connectivity index (χ1n) is 23.2. The molecule has 12 nitrogen and oxygen atoms in total. The minimum absolute atomic E-state index is 0.197. The number of ether oxygens (including phenoxy) is 4. The summed E-state index contributed by atoms with van der Waals surface area (Å²) in [5.41, 5.74) is 23.7. The first kappa shape index (κ1) is 57.6.